The van der Waals surface area contributed by atoms with Crippen molar-refractivity contribution < 1.29 is 9.53 Å². The number of hydrogen-bond donors (Lipinski definition) is 0. The van der Waals surface area contributed by atoms with Gasteiger partial charge in [-0.25, -0.2) is 0 Å². The molecule has 0 radical (unpaired) electrons. The first-order valence-corrected chi connectivity index (χ1v) is 4.49. The van der Waals surface area contributed by atoms with Crippen LogP contribution in [0.25, 0.3) is 0 Å². The van der Waals surface area contributed by atoms with E-state index >= 15 is 0 Å². The van der Waals surface area contributed by atoms with Gasteiger partial charge in [0.1, 0.15) is 5.76 Å². The lowest BCUT2D eigenvalue weighted by Gasteiger charge is -2.16. The molecule has 0 bridgehead atoms. The molecule has 0 aromatic carbocycles. The maximum atomic E-state index is 11.4. The summed E-state index contributed by atoms with van der Waals surface area (Å²) in [5.74, 6) is 0.0675. The van der Waals surface area contributed by atoms with Gasteiger partial charge in [0.2, 0.25) is 0 Å². The second-order valence-electron chi connectivity index (χ2n) is 4.20. The van der Waals surface area contributed by atoms with E-state index in [1.807, 2.05) is 6.92 Å². The molecule has 0 aliphatic heterocycles. The van der Waals surface area contributed by atoms with Crippen molar-refractivity contribution in [2.45, 2.75) is 27.7 Å². The van der Waals surface area contributed by atoms with E-state index < -0.39 is 5.41 Å². The van der Waals surface area contributed by atoms with Gasteiger partial charge in [-0.05, 0) is 39.3 Å². The van der Waals surface area contributed by atoms with Gasteiger partial charge >= 0.3 is 5.97 Å². The third kappa shape index (κ3) is 4.65. The van der Waals surface area contributed by atoms with Gasteiger partial charge in [0.05, 0.1) is 5.41 Å². The lowest BCUT2D eigenvalue weighted by Crippen LogP contribution is -2.22. The average Bonchev–Trinajstić information content (AvgIpc) is 2.02. The molecule has 2 nitrogen and oxygen atoms in total. The number of rotatable bonds is 3. The van der Waals surface area contributed by atoms with Crippen LogP contribution in [0.1, 0.15) is 27.7 Å². The molecule has 78 valence electrons. The lowest BCUT2D eigenvalue weighted by molar-refractivity contribution is -0.147. The van der Waals surface area contributed by atoms with Gasteiger partial charge < -0.3 is 4.74 Å². The molecule has 0 spiro atoms. The molecule has 0 aliphatic rings. The summed E-state index contributed by atoms with van der Waals surface area (Å²) in [6.07, 6.45) is 3.35. The molecular weight excluding hydrogens is 176 g/mol. The maximum Gasteiger partial charge on any atom is 0.316 e. The summed E-state index contributed by atoms with van der Waals surface area (Å²) < 4.78 is 5.03. The lowest BCUT2D eigenvalue weighted by atomic mass is 9.97. The fourth-order valence-electron chi connectivity index (χ4n) is 0.614. The Morgan fingerprint density at radius 3 is 2.21 bits per heavy atom. The number of esters is 1. The first kappa shape index (κ1) is 12.7. The Labute approximate surface area is 86.0 Å². The zero-order chi connectivity index (χ0) is 11.4. The summed E-state index contributed by atoms with van der Waals surface area (Å²) in [6, 6.07) is 0. The minimum Gasteiger partial charge on any atom is -0.427 e. The fraction of sp³-hybridized carbons (Fsp3) is 0.417. The van der Waals surface area contributed by atoms with E-state index in [1.165, 1.54) is 0 Å². The zero-order valence-electron chi connectivity index (χ0n) is 9.39. The molecule has 0 atom stereocenters. The molecule has 0 heterocycles. The molecule has 0 unspecified atom stereocenters. The molecular formula is C12H18O2. The van der Waals surface area contributed by atoms with Crippen LogP contribution in [0.2, 0.25) is 0 Å². The Kier molecular flexibility index (Phi) is 4.35. The smallest absolute Gasteiger partial charge is 0.316 e. The van der Waals surface area contributed by atoms with Crippen LogP contribution in [-0.2, 0) is 9.53 Å². The number of ether oxygens (including phenoxy) is 1. The van der Waals surface area contributed by atoms with Crippen molar-refractivity contribution in [2.75, 3.05) is 0 Å². The van der Waals surface area contributed by atoms with Crippen LogP contribution in [0.15, 0.2) is 36.6 Å². The molecule has 0 aromatic rings. The highest BCUT2D eigenvalue weighted by atomic mass is 16.5. The number of hydrogen-bond acceptors (Lipinski definition) is 2. The van der Waals surface area contributed by atoms with Crippen LogP contribution in [0.5, 0.6) is 0 Å². The van der Waals surface area contributed by atoms with Crippen molar-refractivity contribution in [3.63, 3.8) is 0 Å². The van der Waals surface area contributed by atoms with Crippen LogP contribution in [0, 0.1) is 5.41 Å². The van der Waals surface area contributed by atoms with E-state index in [4.69, 9.17) is 4.74 Å². The van der Waals surface area contributed by atoms with Crippen LogP contribution in [0.3, 0.4) is 0 Å². The topological polar surface area (TPSA) is 26.3 Å². The molecule has 0 amide bonds. The van der Waals surface area contributed by atoms with Crippen LogP contribution >= 0.6 is 0 Å². The molecule has 14 heavy (non-hydrogen) atoms. The van der Waals surface area contributed by atoms with E-state index in [0.29, 0.717) is 5.76 Å². The van der Waals surface area contributed by atoms with Crippen molar-refractivity contribution in [1.82, 2.24) is 0 Å². The highest BCUT2D eigenvalue weighted by Crippen LogP contribution is 2.17. The van der Waals surface area contributed by atoms with Crippen molar-refractivity contribution >= 4 is 5.97 Å². The largest absolute Gasteiger partial charge is 0.427 e. The molecule has 0 fully saturated rings. The predicted octanol–water partition coefficient (Wildman–Crippen LogP) is 3.22. The van der Waals surface area contributed by atoms with Crippen LogP contribution in [-0.4, -0.2) is 5.97 Å². The summed E-state index contributed by atoms with van der Waals surface area (Å²) in [4.78, 5) is 11.4. The number of carbonyl (C=O) groups excluding carboxylic acids is 1. The average molecular weight is 194 g/mol. The van der Waals surface area contributed by atoms with E-state index in [2.05, 4.69) is 13.2 Å². The van der Waals surface area contributed by atoms with Gasteiger partial charge in [-0.3, -0.25) is 4.79 Å². The Hall–Kier alpha value is -1.31. The molecule has 0 saturated carbocycles. The Morgan fingerprint density at radius 2 is 1.86 bits per heavy atom. The molecule has 0 saturated heterocycles. The zero-order valence-corrected chi connectivity index (χ0v) is 9.39. The van der Waals surface area contributed by atoms with Crippen molar-refractivity contribution in [3.8, 4) is 0 Å². The first-order valence-electron chi connectivity index (χ1n) is 4.49. The van der Waals surface area contributed by atoms with Crippen molar-refractivity contribution in [1.29, 1.82) is 0 Å². The third-order valence-electron chi connectivity index (χ3n) is 1.55. The Balaban J connectivity index is 4.36. The minimum absolute atomic E-state index is 0.282. The number of carbonyl (C=O) groups is 1. The first-order chi connectivity index (χ1) is 6.27. The normalized spacial score (nSPS) is 12.1. The highest BCUT2D eigenvalue weighted by Gasteiger charge is 2.23. The predicted molar refractivity (Wildman–Crippen MR) is 58.6 cm³/mol. The summed E-state index contributed by atoms with van der Waals surface area (Å²) in [7, 11) is 0. The molecule has 0 aliphatic carbocycles. The maximum absolute atomic E-state index is 11.4. The van der Waals surface area contributed by atoms with Gasteiger partial charge in [0.25, 0.3) is 0 Å². The van der Waals surface area contributed by atoms with E-state index in [0.717, 1.165) is 5.57 Å². The molecule has 0 aromatic heterocycles. The van der Waals surface area contributed by atoms with Gasteiger partial charge in [0.15, 0.2) is 0 Å². The van der Waals surface area contributed by atoms with Gasteiger partial charge in [-0.2, -0.15) is 0 Å². The van der Waals surface area contributed by atoms with Crippen LogP contribution in [0.4, 0.5) is 0 Å². The van der Waals surface area contributed by atoms with Crippen molar-refractivity contribution in [3.05, 3.63) is 36.6 Å². The monoisotopic (exact) mass is 194 g/mol. The standard InChI is InChI=1S/C12H18O2/c1-7-9(2)8-10(3)14-11(13)12(4,5)6/h7-8H,1,3H2,2,4-6H3/b9-8+. The third-order valence-corrected chi connectivity index (χ3v) is 1.55. The van der Waals surface area contributed by atoms with Crippen molar-refractivity contribution in [2.24, 2.45) is 5.41 Å². The van der Waals surface area contributed by atoms with Gasteiger partial charge in [-0.15, -0.1) is 0 Å². The summed E-state index contributed by atoms with van der Waals surface area (Å²) in [6.45, 7) is 14.5. The molecule has 0 N–H and O–H groups in total. The van der Waals surface area contributed by atoms with E-state index in [9.17, 15) is 4.79 Å². The fourth-order valence-corrected chi connectivity index (χ4v) is 0.614. The molecule has 0 rings (SSSR count). The Morgan fingerprint density at radius 1 is 1.36 bits per heavy atom. The minimum atomic E-state index is -0.501. The Bertz CT molecular complexity index is 277. The van der Waals surface area contributed by atoms with E-state index in [1.54, 1.807) is 32.9 Å². The quantitative estimate of drug-likeness (QED) is 0.391. The summed E-state index contributed by atoms with van der Waals surface area (Å²) in [5, 5.41) is 0. The summed E-state index contributed by atoms with van der Waals surface area (Å²) >= 11 is 0. The molecule has 2 heteroatoms. The highest BCUT2D eigenvalue weighted by molar-refractivity contribution is 5.76. The second-order valence-corrected chi connectivity index (χ2v) is 4.20. The second kappa shape index (κ2) is 4.80. The van der Waals surface area contributed by atoms with Crippen LogP contribution < -0.4 is 0 Å². The number of allylic oxidation sites excluding steroid dienone is 3. The van der Waals surface area contributed by atoms with E-state index in [-0.39, 0.29) is 5.97 Å². The summed E-state index contributed by atoms with van der Waals surface area (Å²) in [5.41, 5.74) is 0.412. The van der Waals surface area contributed by atoms with Gasteiger partial charge in [-0.1, -0.05) is 19.2 Å². The SMILES string of the molecule is C=C/C(C)=C/C(=C)OC(=O)C(C)(C)C. The van der Waals surface area contributed by atoms with Gasteiger partial charge in [0, 0.05) is 0 Å².